The van der Waals surface area contributed by atoms with E-state index in [4.69, 9.17) is 16.3 Å². The molecule has 0 aliphatic rings. The van der Waals surface area contributed by atoms with Gasteiger partial charge in [-0.3, -0.25) is 4.79 Å². The van der Waals surface area contributed by atoms with E-state index >= 15 is 0 Å². The first-order valence-electron chi connectivity index (χ1n) is 6.05. The van der Waals surface area contributed by atoms with E-state index in [1.54, 1.807) is 42.7 Å². The molecule has 4 nitrogen and oxygen atoms in total. The highest BCUT2D eigenvalue weighted by Gasteiger charge is 2.14. The van der Waals surface area contributed by atoms with Crippen LogP contribution in [0.2, 0.25) is 5.02 Å². The minimum absolute atomic E-state index is 0.0415. The van der Waals surface area contributed by atoms with E-state index in [0.29, 0.717) is 33.1 Å². The first-order valence-corrected chi connectivity index (χ1v) is 6.43. The maximum atomic E-state index is 11.7. The van der Waals surface area contributed by atoms with Gasteiger partial charge in [0.2, 0.25) is 0 Å². The lowest BCUT2D eigenvalue weighted by Crippen LogP contribution is -1.92. The zero-order valence-corrected chi connectivity index (χ0v) is 11.4. The van der Waals surface area contributed by atoms with Gasteiger partial charge in [0.1, 0.15) is 17.1 Å². The Morgan fingerprint density at radius 1 is 1.35 bits per heavy atom. The predicted molar refractivity (Wildman–Crippen MR) is 77.6 cm³/mol. The number of ether oxygens (including phenoxy) is 1. The Kier molecular flexibility index (Phi) is 3.16. The van der Waals surface area contributed by atoms with Crippen LogP contribution in [0.3, 0.4) is 0 Å². The number of pyridine rings is 1. The molecule has 0 atom stereocenters. The van der Waals surface area contributed by atoms with Gasteiger partial charge in [0, 0.05) is 23.0 Å². The standard InChI is InChI=1S/C15H11ClN2O2/c1-9(19)12-8-18-15-14(12)13(5-6-17-15)20-11-4-2-3-10(16)7-11/h2-8H,1H3,(H,17,18). The molecule has 3 aromatic rings. The van der Waals surface area contributed by atoms with Crippen LogP contribution in [0.4, 0.5) is 0 Å². The number of carbonyl (C=O) groups is 1. The highest BCUT2D eigenvalue weighted by atomic mass is 35.5. The van der Waals surface area contributed by atoms with Gasteiger partial charge in [-0.15, -0.1) is 0 Å². The average Bonchev–Trinajstić information content (AvgIpc) is 2.84. The number of fused-ring (bicyclic) bond motifs is 1. The van der Waals surface area contributed by atoms with Crippen LogP contribution in [0.5, 0.6) is 11.5 Å². The molecule has 0 fully saturated rings. The van der Waals surface area contributed by atoms with Gasteiger partial charge in [-0.05, 0) is 31.2 Å². The molecule has 0 spiro atoms. The lowest BCUT2D eigenvalue weighted by Gasteiger charge is -2.07. The molecule has 2 heterocycles. The van der Waals surface area contributed by atoms with E-state index in [1.165, 1.54) is 6.92 Å². The summed E-state index contributed by atoms with van der Waals surface area (Å²) in [5.74, 6) is 1.14. The molecule has 0 saturated heterocycles. The minimum Gasteiger partial charge on any atom is -0.456 e. The number of aromatic nitrogens is 2. The van der Waals surface area contributed by atoms with Gasteiger partial charge in [0.05, 0.1) is 5.39 Å². The van der Waals surface area contributed by atoms with Crippen LogP contribution >= 0.6 is 11.6 Å². The highest BCUT2D eigenvalue weighted by molar-refractivity contribution is 6.30. The Labute approximate surface area is 120 Å². The van der Waals surface area contributed by atoms with Gasteiger partial charge in [-0.1, -0.05) is 17.7 Å². The summed E-state index contributed by atoms with van der Waals surface area (Å²) in [6.07, 6.45) is 3.27. The highest BCUT2D eigenvalue weighted by Crippen LogP contribution is 2.32. The fraction of sp³-hybridized carbons (Fsp3) is 0.0667. The van der Waals surface area contributed by atoms with Crippen LogP contribution in [0.1, 0.15) is 17.3 Å². The van der Waals surface area contributed by atoms with Gasteiger partial charge in [-0.2, -0.15) is 0 Å². The van der Waals surface area contributed by atoms with Crippen LogP contribution in [0.15, 0.2) is 42.7 Å². The van der Waals surface area contributed by atoms with Crippen molar-refractivity contribution in [3.05, 3.63) is 53.3 Å². The summed E-state index contributed by atoms with van der Waals surface area (Å²) < 4.78 is 5.82. The molecule has 0 aliphatic heterocycles. The molecule has 2 aromatic heterocycles. The summed E-state index contributed by atoms with van der Waals surface area (Å²) in [6.45, 7) is 1.51. The Hall–Kier alpha value is -2.33. The van der Waals surface area contributed by atoms with E-state index in [2.05, 4.69) is 9.97 Å². The van der Waals surface area contributed by atoms with Crippen molar-refractivity contribution in [1.82, 2.24) is 9.97 Å². The molecule has 0 amide bonds. The quantitative estimate of drug-likeness (QED) is 0.734. The van der Waals surface area contributed by atoms with E-state index in [-0.39, 0.29) is 5.78 Å². The number of nitrogens with zero attached hydrogens (tertiary/aromatic N) is 1. The molecule has 0 saturated carbocycles. The number of ketones is 1. The predicted octanol–water partition coefficient (Wildman–Crippen LogP) is 4.21. The van der Waals surface area contributed by atoms with Gasteiger partial charge >= 0.3 is 0 Å². The maximum Gasteiger partial charge on any atom is 0.162 e. The number of halogens is 1. The molecule has 20 heavy (non-hydrogen) atoms. The zero-order valence-electron chi connectivity index (χ0n) is 10.7. The molecule has 1 N–H and O–H groups in total. The molecular weight excluding hydrogens is 276 g/mol. The molecule has 0 aliphatic carbocycles. The number of Topliss-reactive ketones (excluding diaryl/α,β-unsaturated/α-hetero) is 1. The summed E-state index contributed by atoms with van der Waals surface area (Å²) in [4.78, 5) is 18.8. The Morgan fingerprint density at radius 2 is 2.20 bits per heavy atom. The van der Waals surface area contributed by atoms with Crippen LogP contribution in [-0.4, -0.2) is 15.8 Å². The molecule has 1 aromatic carbocycles. The molecular formula is C15H11ClN2O2. The second-order valence-corrected chi connectivity index (χ2v) is 4.79. The Bertz CT molecular complexity index is 795. The summed E-state index contributed by atoms with van der Waals surface area (Å²) >= 11 is 5.94. The topological polar surface area (TPSA) is 55.0 Å². The summed E-state index contributed by atoms with van der Waals surface area (Å²) in [5, 5.41) is 1.27. The third-order valence-electron chi connectivity index (χ3n) is 2.94. The monoisotopic (exact) mass is 286 g/mol. The van der Waals surface area contributed by atoms with E-state index in [9.17, 15) is 4.79 Å². The van der Waals surface area contributed by atoms with Crippen molar-refractivity contribution in [1.29, 1.82) is 0 Å². The Morgan fingerprint density at radius 3 is 2.95 bits per heavy atom. The lowest BCUT2D eigenvalue weighted by molar-refractivity contribution is 0.101. The van der Waals surface area contributed by atoms with Crippen molar-refractivity contribution in [2.75, 3.05) is 0 Å². The number of H-pyrrole nitrogens is 1. The molecule has 0 radical (unpaired) electrons. The number of hydrogen-bond donors (Lipinski definition) is 1. The first-order chi connectivity index (χ1) is 9.65. The molecule has 5 heteroatoms. The van der Waals surface area contributed by atoms with E-state index < -0.39 is 0 Å². The fourth-order valence-electron chi connectivity index (χ4n) is 2.05. The van der Waals surface area contributed by atoms with E-state index in [0.717, 1.165) is 0 Å². The first kappa shape index (κ1) is 12.7. The number of carbonyl (C=O) groups excluding carboxylic acids is 1. The van der Waals surface area contributed by atoms with Crippen molar-refractivity contribution in [3.63, 3.8) is 0 Å². The number of benzene rings is 1. The van der Waals surface area contributed by atoms with Crippen LogP contribution in [-0.2, 0) is 0 Å². The van der Waals surface area contributed by atoms with E-state index in [1.807, 2.05) is 0 Å². The largest absolute Gasteiger partial charge is 0.456 e. The molecule has 100 valence electrons. The number of rotatable bonds is 3. The van der Waals surface area contributed by atoms with Crippen molar-refractivity contribution in [2.24, 2.45) is 0 Å². The van der Waals surface area contributed by atoms with Crippen molar-refractivity contribution < 1.29 is 9.53 Å². The second kappa shape index (κ2) is 4.98. The van der Waals surface area contributed by atoms with Crippen molar-refractivity contribution in [2.45, 2.75) is 6.92 Å². The second-order valence-electron chi connectivity index (χ2n) is 4.35. The van der Waals surface area contributed by atoms with Gasteiger partial charge in [0.25, 0.3) is 0 Å². The normalized spacial score (nSPS) is 10.7. The van der Waals surface area contributed by atoms with Crippen molar-refractivity contribution >= 4 is 28.4 Å². The van der Waals surface area contributed by atoms with Gasteiger partial charge in [-0.25, -0.2) is 4.98 Å². The van der Waals surface area contributed by atoms with Crippen LogP contribution < -0.4 is 4.74 Å². The number of hydrogen-bond acceptors (Lipinski definition) is 3. The molecule has 0 unspecified atom stereocenters. The maximum absolute atomic E-state index is 11.7. The molecule has 0 bridgehead atoms. The van der Waals surface area contributed by atoms with Gasteiger partial charge < -0.3 is 9.72 Å². The van der Waals surface area contributed by atoms with Crippen molar-refractivity contribution in [3.8, 4) is 11.5 Å². The third kappa shape index (κ3) is 2.26. The number of aromatic amines is 1. The van der Waals surface area contributed by atoms with Crippen LogP contribution in [0, 0.1) is 0 Å². The van der Waals surface area contributed by atoms with Crippen LogP contribution in [0.25, 0.3) is 11.0 Å². The fourth-order valence-corrected chi connectivity index (χ4v) is 2.23. The Balaban J connectivity index is 2.11. The SMILES string of the molecule is CC(=O)c1c[nH]c2nccc(Oc3cccc(Cl)c3)c12. The zero-order chi connectivity index (χ0) is 14.1. The minimum atomic E-state index is -0.0415. The third-order valence-corrected chi connectivity index (χ3v) is 3.17. The molecule has 3 rings (SSSR count). The summed E-state index contributed by atoms with van der Waals surface area (Å²) in [6, 6.07) is 8.82. The summed E-state index contributed by atoms with van der Waals surface area (Å²) in [7, 11) is 0. The smallest absolute Gasteiger partial charge is 0.162 e. The average molecular weight is 287 g/mol. The van der Waals surface area contributed by atoms with Gasteiger partial charge in [0.15, 0.2) is 5.78 Å². The lowest BCUT2D eigenvalue weighted by atomic mass is 10.1. The number of nitrogens with one attached hydrogen (secondary N) is 1. The summed E-state index contributed by atoms with van der Waals surface area (Å²) in [5.41, 5.74) is 1.18.